The lowest BCUT2D eigenvalue weighted by atomic mass is 10.1. The molecular weight excluding hydrogens is 268 g/mol. The lowest BCUT2D eigenvalue weighted by Crippen LogP contribution is -2.32. The number of anilines is 1. The van der Waals surface area contributed by atoms with Gasteiger partial charge < -0.3 is 10.2 Å². The fraction of sp³-hybridized carbons (Fsp3) is 0.562. The van der Waals surface area contributed by atoms with E-state index >= 15 is 0 Å². The van der Waals surface area contributed by atoms with Gasteiger partial charge in [0.1, 0.15) is 0 Å². The van der Waals surface area contributed by atoms with Crippen LogP contribution in [-0.2, 0) is 11.3 Å². The molecule has 2 aliphatic heterocycles. The lowest BCUT2D eigenvalue weighted by molar-refractivity contribution is -0.117. The van der Waals surface area contributed by atoms with Crippen LogP contribution in [0.5, 0.6) is 0 Å². The van der Waals surface area contributed by atoms with Gasteiger partial charge in [-0.05, 0) is 48.5 Å². The zero-order valence-corrected chi connectivity index (χ0v) is 12.6. The summed E-state index contributed by atoms with van der Waals surface area (Å²) >= 11 is 2.06. The Hall–Kier alpha value is -1.00. The number of thioether (sulfide) groups is 1. The first-order valence-corrected chi connectivity index (χ1v) is 8.69. The molecule has 4 heteroatoms. The molecule has 3 nitrogen and oxygen atoms in total. The fourth-order valence-corrected chi connectivity index (χ4v) is 3.99. The standard InChI is InChI=1S/C16H22N2OS/c19-16-2-1-9-18(16)15-5-3-13(4-6-15)12-17-14-7-10-20-11-8-14/h3-6,14,17H,1-2,7-12H2. The number of nitrogens with one attached hydrogen (secondary N) is 1. The molecule has 20 heavy (non-hydrogen) atoms. The minimum absolute atomic E-state index is 0.260. The topological polar surface area (TPSA) is 32.3 Å². The van der Waals surface area contributed by atoms with Crippen molar-refractivity contribution >= 4 is 23.4 Å². The van der Waals surface area contributed by atoms with Crippen molar-refractivity contribution in [1.29, 1.82) is 0 Å². The highest BCUT2D eigenvalue weighted by Crippen LogP contribution is 2.22. The maximum Gasteiger partial charge on any atom is 0.227 e. The SMILES string of the molecule is O=C1CCCN1c1ccc(CNC2CCSCC2)cc1. The van der Waals surface area contributed by atoms with Crippen molar-refractivity contribution in [2.75, 3.05) is 23.0 Å². The highest BCUT2D eigenvalue weighted by molar-refractivity contribution is 7.99. The van der Waals surface area contributed by atoms with Gasteiger partial charge in [0.25, 0.3) is 0 Å². The Morgan fingerprint density at radius 1 is 1.20 bits per heavy atom. The summed E-state index contributed by atoms with van der Waals surface area (Å²) in [7, 11) is 0. The molecule has 2 heterocycles. The monoisotopic (exact) mass is 290 g/mol. The van der Waals surface area contributed by atoms with E-state index in [4.69, 9.17) is 0 Å². The van der Waals surface area contributed by atoms with Gasteiger partial charge in [-0.15, -0.1) is 0 Å². The molecule has 0 aromatic heterocycles. The number of hydrogen-bond donors (Lipinski definition) is 1. The van der Waals surface area contributed by atoms with Crippen molar-refractivity contribution in [3.05, 3.63) is 29.8 Å². The number of carbonyl (C=O) groups excluding carboxylic acids is 1. The minimum Gasteiger partial charge on any atom is -0.312 e. The van der Waals surface area contributed by atoms with Crippen molar-refractivity contribution < 1.29 is 4.79 Å². The Morgan fingerprint density at radius 3 is 2.60 bits per heavy atom. The summed E-state index contributed by atoms with van der Waals surface area (Å²) < 4.78 is 0. The van der Waals surface area contributed by atoms with E-state index in [1.165, 1.54) is 29.9 Å². The Labute approximate surface area is 125 Å². The van der Waals surface area contributed by atoms with E-state index in [2.05, 4.69) is 41.3 Å². The predicted octanol–water partition coefficient (Wildman–Crippen LogP) is 2.80. The van der Waals surface area contributed by atoms with Crippen LogP contribution < -0.4 is 10.2 Å². The number of amides is 1. The number of rotatable bonds is 4. The van der Waals surface area contributed by atoms with Crippen LogP contribution in [0, 0.1) is 0 Å². The quantitative estimate of drug-likeness (QED) is 0.925. The van der Waals surface area contributed by atoms with Gasteiger partial charge in [0, 0.05) is 31.2 Å². The summed E-state index contributed by atoms with van der Waals surface area (Å²) in [5, 5.41) is 3.64. The summed E-state index contributed by atoms with van der Waals surface area (Å²) in [6.45, 7) is 1.81. The third-order valence-corrected chi connectivity index (χ3v) is 5.19. The molecule has 108 valence electrons. The van der Waals surface area contributed by atoms with Crippen molar-refractivity contribution in [3.63, 3.8) is 0 Å². The molecule has 1 amide bonds. The van der Waals surface area contributed by atoms with Crippen LogP contribution in [0.3, 0.4) is 0 Å². The Morgan fingerprint density at radius 2 is 1.95 bits per heavy atom. The molecule has 0 atom stereocenters. The Balaban J connectivity index is 1.54. The highest BCUT2D eigenvalue weighted by Gasteiger charge is 2.21. The van der Waals surface area contributed by atoms with E-state index < -0.39 is 0 Å². The van der Waals surface area contributed by atoms with Crippen LogP contribution in [0.25, 0.3) is 0 Å². The van der Waals surface area contributed by atoms with Gasteiger partial charge in [0.05, 0.1) is 0 Å². The second-order valence-electron chi connectivity index (χ2n) is 5.58. The van der Waals surface area contributed by atoms with Crippen molar-refractivity contribution in [1.82, 2.24) is 5.32 Å². The van der Waals surface area contributed by atoms with E-state index in [1.807, 2.05) is 4.90 Å². The first-order valence-electron chi connectivity index (χ1n) is 7.53. The van der Waals surface area contributed by atoms with E-state index in [0.717, 1.165) is 25.2 Å². The molecule has 2 aliphatic rings. The molecule has 1 aromatic rings. The van der Waals surface area contributed by atoms with Gasteiger partial charge in [-0.1, -0.05) is 12.1 Å². The molecule has 1 aromatic carbocycles. The average Bonchev–Trinajstić information content (AvgIpc) is 2.93. The summed E-state index contributed by atoms with van der Waals surface area (Å²) in [5.74, 6) is 2.83. The molecule has 2 fully saturated rings. The molecule has 0 aliphatic carbocycles. The smallest absolute Gasteiger partial charge is 0.227 e. The van der Waals surface area contributed by atoms with Gasteiger partial charge in [0.2, 0.25) is 5.91 Å². The first kappa shape index (κ1) is 14.0. The third-order valence-electron chi connectivity index (χ3n) is 4.14. The van der Waals surface area contributed by atoms with Crippen molar-refractivity contribution in [2.24, 2.45) is 0 Å². The van der Waals surface area contributed by atoms with E-state index in [-0.39, 0.29) is 5.91 Å². The van der Waals surface area contributed by atoms with Crippen LogP contribution in [0.4, 0.5) is 5.69 Å². The van der Waals surface area contributed by atoms with Gasteiger partial charge in [-0.2, -0.15) is 11.8 Å². The zero-order valence-electron chi connectivity index (χ0n) is 11.8. The first-order chi connectivity index (χ1) is 9.83. The van der Waals surface area contributed by atoms with Crippen LogP contribution in [0.2, 0.25) is 0 Å². The van der Waals surface area contributed by atoms with Gasteiger partial charge in [0.15, 0.2) is 0 Å². The van der Waals surface area contributed by atoms with Gasteiger partial charge in [-0.25, -0.2) is 0 Å². The number of carbonyl (C=O) groups is 1. The molecule has 0 unspecified atom stereocenters. The maximum atomic E-state index is 11.7. The average molecular weight is 290 g/mol. The van der Waals surface area contributed by atoms with E-state index in [1.54, 1.807) is 0 Å². The largest absolute Gasteiger partial charge is 0.312 e. The second kappa shape index (κ2) is 6.64. The van der Waals surface area contributed by atoms with Crippen LogP contribution >= 0.6 is 11.8 Å². The summed E-state index contributed by atoms with van der Waals surface area (Å²) in [4.78, 5) is 13.6. The summed E-state index contributed by atoms with van der Waals surface area (Å²) in [5.41, 5.74) is 2.35. The molecule has 3 rings (SSSR count). The summed E-state index contributed by atoms with van der Waals surface area (Å²) in [6.07, 6.45) is 4.25. The molecule has 2 saturated heterocycles. The molecule has 0 bridgehead atoms. The zero-order chi connectivity index (χ0) is 13.8. The maximum absolute atomic E-state index is 11.7. The second-order valence-corrected chi connectivity index (χ2v) is 6.81. The van der Waals surface area contributed by atoms with Crippen LogP contribution in [0.15, 0.2) is 24.3 Å². The van der Waals surface area contributed by atoms with Crippen LogP contribution in [-0.4, -0.2) is 30.0 Å². The molecule has 0 radical (unpaired) electrons. The Kier molecular flexibility index (Phi) is 4.63. The summed E-state index contributed by atoms with van der Waals surface area (Å²) in [6, 6.07) is 9.13. The van der Waals surface area contributed by atoms with Gasteiger partial charge in [-0.3, -0.25) is 4.79 Å². The predicted molar refractivity (Wildman–Crippen MR) is 85.2 cm³/mol. The minimum atomic E-state index is 0.260. The highest BCUT2D eigenvalue weighted by atomic mass is 32.2. The molecular formula is C16H22N2OS. The lowest BCUT2D eigenvalue weighted by Gasteiger charge is -2.23. The molecule has 0 saturated carbocycles. The van der Waals surface area contributed by atoms with Crippen LogP contribution in [0.1, 0.15) is 31.2 Å². The Bertz CT molecular complexity index is 454. The number of nitrogens with zero attached hydrogens (tertiary/aromatic N) is 1. The third kappa shape index (κ3) is 3.36. The molecule has 0 spiro atoms. The van der Waals surface area contributed by atoms with Gasteiger partial charge >= 0.3 is 0 Å². The van der Waals surface area contributed by atoms with E-state index in [9.17, 15) is 4.79 Å². The fourth-order valence-electron chi connectivity index (χ4n) is 2.88. The normalized spacial score (nSPS) is 20.6. The van der Waals surface area contributed by atoms with E-state index in [0.29, 0.717) is 12.5 Å². The number of hydrogen-bond acceptors (Lipinski definition) is 3. The van der Waals surface area contributed by atoms with Crippen molar-refractivity contribution in [2.45, 2.75) is 38.3 Å². The molecule has 1 N–H and O–H groups in total. The number of benzene rings is 1. The van der Waals surface area contributed by atoms with Crippen molar-refractivity contribution in [3.8, 4) is 0 Å².